The van der Waals surface area contributed by atoms with Crippen molar-refractivity contribution in [1.29, 1.82) is 0 Å². The molecule has 1 saturated heterocycles. The van der Waals surface area contributed by atoms with Crippen molar-refractivity contribution in [2.45, 2.75) is 26.3 Å². The molecule has 1 atom stereocenters. The van der Waals surface area contributed by atoms with Crippen LogP contribution in [0.1, 0.15) is 25.3 Å². The fraction of sp³-hybridized carbons (Fsp3) is 0.556. The van der Waals surface area contributed by atoms with E-state index < -0.39 is 0 Å². The molecule has 1 aliphatic heterocycles. The maximum Gasteiger partial charge on any atom is 0.119 e. The van der Waals surface area contributed by atoms with Gasteiger partial charge in [0.1, 0.15) is 12.4 Å². The van der Waals surface area contributed by atoms with Gasteiger partial charge < -0.3 is 15.0 Å². The zero-order valence-electron chi connectivity index (χ0n) is 13.2. The molecule has 1 aromatic rings. The van der Waals surface area contributed by atoms with Crippen molar-refractivity contribution >= 4 is 0 Å². The van der Waals surface area contributed by atoms with E-state index in [1.54, 1.807) is 6.08 Å². The van der Waals surface area contributed by atoms with E-state index in [2.05, 4.69) is 35.9 Å². The predicted molar refractivity (Wildman–Crippen MR) is 88.7 cm³/mol. The molecular weight excluding hydrogens is 260 g/mol. The molecule has 1 N–H and O–H groups in total. The summed E-state index contributed by atoms with van der Waals surface area (Å²) in [4.78, 5) is 2.58. The van der Waals surface area contributed by atoms with Gasteiger partial charge in [-0.25, -0.2) is 0 Å². The molecule has 1 aromatic carbocycles. The molecule has 0 aromatic heterocycles. The average Bonchev–Trinajstić information content (AvgIpc) is 2.99. The maximum atomic E-state index is 5.48. The van der Waals surface area contributed by atoms with Crippen LogP contribution in [0.4, 0.5) is 0 Å². The Hall–Kier alpha value is -1.32. The van der Waals surface area contributed by atoms with Gasteiger partial charge in [0, 0.05) is 13.1 Å². The third-order valence-corrected chi connectivity index (χ3v) is 3.88. The molecule has 0 spiro atoms. The van der Waals surface area contributed by atoms with Crippen LogP contribution in [0.3, 0.4) is 0 Å². The average molecular weight is 288 g/mol. The van der Waals surface area contributed by atoms with Gasteiger partial charge in [0.05, 0.1) is 0 Å². The molecule has 0 amide bonds. The Labute approximate surface area is 129 Å². The van der Waals surface area contributed by atoms with Crippen LogP contribution in [0.25, 0.3) is 0 Å². The predicted octanol–water partition coefficient (Wildman–Crippen LogP) is 3.07. The minimum Gasteiger partial charge on any atom is -0.490 e. The van der Waals surface area contributed by atoms with E-state index in [0.29, 0.717) is 12.5 Å². The number of nitrogens with one attached hydrogen (secondary N) is 1. The minimum atomic E-state index is 0.561. The molecule has 2 rings (SSSR count). The van der Waals surface area contributed by atoms with E-state index in [1.165, 1.54) is 38.0 Å². The van der Waals surface area contributed by atoms with Crippen molar-refractivity contribution in [2.75, 3.05) is 32.8 Å². The second-order valence-corrected chi connectivity index (χ2v) is 5.99. The molecule has 3 nitrogen and oxygen atoms in total. The van der Waals surface area contributed by atoms with E-state index in [-0.39, 0.29) is 0 Å². The number of rotatable bonds is 9. The van der Waals surface area contributed by atoms with Crippen LogP contribution in [-0.2, 0) is 6.54 Å². The van der Waals surface area contributed by atoms with Crippen LogP contribution in [0.5, 0.6) is 5.75 Å². The van der Waals surface area contributed by atoms with Crippen molar-refractivity contribution < 1.29 is 4.74 Å². The quantitative estimate of drug-likeness (QED) is 0.707. The smallest absolute Gasteiger partial charge is 0.119 e. The second-order valence-electron chi connectivity index (χ2n) is 5.99. The highest BCUT2D eigenvalue weighted by Crippen LogP contribution is 2.12. The Morgan fingerprint density at radius 3 is 2.67 bits per heavy atom. The van der Waals surface area contributed by atoms with Gasteiger partial charge in [-0.15, -0.1) is 0 Å². The van der Waals surface area contributed by atoms with Crippen molar-refractivity contribution in [3.05, 3.63) is 42.5 Å². The Bertz CT molecular complexity index is 410. The first-order valence-corrected chi connectivity index (χ1v) is 8.03. The van der Waals surface area contributed by atoms with E-state index >= 15 is 0 Å². The molecule has 116 valence electrons. The lowest BCUT2D eigenvalue weighted by atomic mass is 10.1. The zero-order chi connectivity index (χ0) is 14.9. The Morgan fingerprint density at radius 1 is 1.29 bits per heavy atom. The van der Waals surface area contributed by atoms with Crippen LogP contribution in [0.2, 0.25) is 0 Å². The molecule has 21 heavy (non-hydrogen) atoms. The summed E-state index contributed by atoms with van der Waals surface area (Å²) in [5, 5.41) is 3.55. The van der Waals surface area contributed by atoms with Crippen LogP contribution < -0.4 is 10.1 Å². The highest BCUT2D eigenvalue weighted by atomic mass is 16.5. The zero-order valence-corrected chi connectivity index (χ0v) is 13.2. The lowest BCUT2D eigenvalue weighted by molar-refractivity contribution is 0.282. The summed E-state index contributed by atoms with van der Waals surface area (Å²) in [6.45, 7) is 12.3. The first-order chi connectivity index (χ1) is 10.3. The van der Waals surface area contributed by atoms with Gasteiger partial charge in [0.15, 0.2) is 0 Å². The lowest BCUT2D eigenvalue weighted by Crippen LogP contribution is -2.31. The molecule has 1 unspecified atom stereocenters. The van der Waals surface area contributed by atoms with E-state index in [1.807, 2.05) is 12.1 Å². The van der Waals surface area contributed by atoms with Gasteiger partial charge in [-0.2, -0.15) is 0 Å². The van der Waals surface area contributed by atoms with Gasteiger partial charge >= 0.3 is 0 Å². The molecule has 0 radical (unpaired) electrons. The third kappa shape index (κ3) is 5.90. The van der Waals surface area contributed by atoms with Gasteiger partial charge in [-0.1, -0.05) is 31.7 Å². The normalized spacial score (nSPS) is 16.8. The molecule has 0 saturated carbocycles. The number of ether oxygens (including phenoxy) is 1. The number of hydrogen-bond donors (Lipinski definition) is 1. The molecule has 1 aliphatic rings. The summed E-state index contributed by atoms with van der Waals surface area (Å²) in [5.74, 6) is 1.61. The number of nitrogens with zero attached hydrogens (tertiary/aromatic N) is 1. The Morgan fingerprint density at radius 2 is 2.00 bits per heavy atom. The van der Waals surface area contributed by atoms with Crippen molar-refractivity contribution in [2.24, 2.45) is 5.92 Å². The largest absolute Gasteiger partial charge is 0.490 e. The third-order valence-electron chi connectivity index (χ3n) is 3.88. The SMILES string of the molecule is C=CCOc1ccc(CNCC(C)CN2CCCC2)cc1. The molecule has 1 fully saturated rings. The van der Waals surface area contributed by atoms with Gasteiger partial charge in [0.2, 0.25) is 0 Å². The highest BCUT2D eigenvalue weighted by Gasteiger charge is 2.14. The number of benzene rings is 1. The fourth-order valence-corrected chi connectivity index (χ4v) is 2.79. The Kier molecular flexibility index (Phi) is 6.77. The van der Waals surface area contributed by atoms with Crippen LogP contribution in [0.15, 0.2) is 36.9 Å². The van der Waals surface area contributed by atoms with E-state index in [0.717, 1.165) is 18.8 Å². The summed E-state index contributed by atoms with van der Waals surface area (Å²) in [5.41, 5.74) is 1.30. The molecular formula is C18H28N2O. The molecule has 1 heterocycles. The first kappa shape index (κ1) is 16.1. The minimum absolute atomic E-state index is 0.561. The summed E-state index contributed by atoms with van der Waals surface area (Å²) in [6.07, 6.45) is 4.51. The standard InChI is InChI=1S/C18H28N2O/c1-3-12-21-18-8-6-17(7-9-18)14-19-13-16(2)15-20-10-4-5-11-20/h3,6-9,16,19H,1,4-5,10-15H2,2H3. The monoisotopic (exact) mass is 288 g/mol. The van der Waals surface area contributed by atoms with Crippen molar-refractivity contribution in [3.8, 4) is 5.75 Å². The summed E-state index contributed by atoms with van der Waals surface area (Å²) < 4.78 is 5.48. The second kappa shape index (κ2) is 8.85. The molecule has 3 heteroatoms. The van der Waals surface area contributed by atoms with E-state index in [9.17, 15) is 0 Å². The van der Waals surface area contributed by atoms with Crippen molar-refractivity contribution in [1.82, 2.24) is 10.2 Å². The molecule has 0 bridgehead atoms. The number of likely N-dealkylation sites (tertiary alicyclic amines) is 1. The van der Waals surface area contributed by atoms with Gasteiger partial charge in [-0.05, 0) is 56.1 Å². The van der Waals surface area contributed by atoms with Gasteiger partial charge in [-0.3, -0.25) is 0 Å². The van der Waals surface area contributed by atoms with Crippen LogP contribution in [0, 0.1) is 5.92 Å². The topological polar surface area (TPSA) is 24.5 Å². The number of hydrogen-bond acceptors (Lipinski definition) is 3. The Balaban J connectivity index is 1.64. The van der Waals surface area contributed by atoms with E-state index in [4.69, 9.17) is 4.74 Å². The first-order valence-electron chi connectivity index (χ1n) is 8.03. The summed E-state index contributed by atoms with van der Waals surface area (Å²) >= 11 is 0. The van der Waals surface area contributed by atoms with Gasteiger partial charge in [0.25, 0.3) is 0 Å². The highest BCUT2D eigenvalue weighted by molar-refractivity contribution is 5.27. The van der Waals surface area contributed by atoms with Crippen LogP contribution in [-0.4, -0.2) is 37.7 Å². The summed E-state index contributed by atoms with van der Waals surface area (Å²) in [6, 6.07) is 8.29. The fourth-order valence-electron chi connectivity index (χ4n) is 2.79. The van der Waals surface area contributed by atoms with Crippen LogP contribution >= 0.6 is 0 Å². The lowest BCUT2D eigenvalue weighted by Gasteiger charge is -2.20. The van der Waals surface area contributed by atoms with Crippen molar-refractivity contribution in [3.63, 3.8) is 0 Å². The maximum absolute atomic E-state index is 5.48. The summed E-state index contributed by atoms with van der Waals surface area (Å²) in [7, 11) is 0. The molecule has 0 aliphatic carbocycles.